The van der Waals surface area contributed by atoms with Crippen molar-refractivity contribution < 1.29 is 14.6 Å². The highest BCUT2D eigenvalue weighted by Crippen LogP contribution is 2.33. The van der Waals surface area contributed by atoms with Crippen LogP contribution in [0.2, 0.25) is 0 Å². The van der Waals surface area contributed by atoms with Gasteiger partial charge in [-0.1, -0.05) is 0 Å². The maximum absolute atomic E-state index is 11.1. The highest BCUT2D eigenvalue weighted by Gasteiger charge is 2.22. The molecule has 1 aromatic carbocycles. The number of ether oxygens (including phenoxy) is 1. The summed E-state index contributed by atoms with van der Waals surface area (Å²) in [5.41, 5.74) is 3.99. The van der Waals surface area contributed by atoms with Crippen molar-refractivity contribution in [1.29, 1.82) is 0 Å². The Morgan fingerprint density at radius 1 is 1.50 bits per heavy atom. The molecular formula is C16H19NO3. The van der Waals surface area contributed by atoms with E-state index in [1.165, 1.54) is 11.3 Å². The molecule has 4 heteroatoms. The lowest BCUT2D eigenvalue weighted by Crippen LogP contribution is -2.15. The van der Waals surface area contributed by atoms with Crippen LogP contribution in [-0.2, 0) is 17.6 Å². The number of benzene rings is 1. The van der Waals surface area contributed by atoms with E-state index in [1.54, 1.807) is 19.2 Å². The second-order valence-corrected chi connectivity index (χ2v) is 5.54. The van der Waals surface area contributed by atoms with Gasteiger partial charge in [0.25, 0.3) is 0 Å². The average molecular weight is 273 g/mol. The Morgan fingerprint density at radius 3 is 3.10 bits per heavy atom. The molecule has 0 fully saturated rings. The quantitative estimate of drug-likeness (QED) is 0.900. The molecule has 1 heterocycles. The summed E-state index contributed by atoms with van der Waals surface area (Å²) in [5, 5.41) is 10.2. The predicted octanol–water partition coefficient (Wildman–Crippen LogP) is 3.01. The van der Waals surface area contributed by atoms with Gasteiger partial charge in [0, 0.05) is 30.3 Å². The van der Waals surface area contributed by atoms with Crippen molar-refractivity contribution in [2.45, 2.75) is 25.7 Å². The molecule has 1 atom stereocenters. The van der Waals surface area contributed by atoms with E-state index in [9.17, 15) is 4.79 Å². The van der Waals surface area contributed by atoms with E-state index in [0.29, 0.717) is 11.5 Å². The first kappa shape index (κ1) is 13.2. The normalized spacial score (nSPS) is 18.1. The summed E-state index contributed by atoms with van der Waals surface area (Å²) in [6.45, 7) is 0.809. The van der Waals surface area contributed by atoms with E-state index in [4.69, 9.17) is 9.84 Å². The minimum Gasteiger partial charge on any atom is -0.478 e. The van der Waals surface area contributed by atoms with Gasteiger partial charge in [0.1, 0.15) is 0 Å². The highest BCUT2D eigenvalue weighted by atomic mass is 16.5. The maximum atomic E-state index is 11.1. The van der Waals surface area contributed by atoms with E-state index in [1.807, 2.05) is 6.07 Å². The van der Waals surface area contributed by atoms with Crippen LogP contribution in [0.5, 0.6) is 0 Å². The molecule has 2 N–H and O–H groups in total. The Balaban J connectivity index is 1.92. The average Bonchev–Trinajstić information content (AvgIpc) is 2.81. The van der Waals surface area contributed by atoms with Crippen LogP contribution in [0.4, 0.5) is 0 Å². The Kier molecular flexibility index (Phi) is 3.49. The van der Waals surface area contributed by atoms with Gasteiger partial charge in [-0.3, -0.25) is 0 Å². The number of aryl methyl sites for hydroxylation is 1. The van der Waals surface area contributed by atoms with Gasteiger partial charge in [-0.15, -0.1) is 0 Å². The van der Waals surface area contributed by atoms with Crippen LogP contribution in [0.3, 0.4) is 0 Å². The molecule has 106 valence electrons. The summed E-state index contributed by atoms with van der Waals surface area (Å²) < 4.78 is 5.16. The monoisotopic (exact) mass is 273 g/mol. The summed E-state index contributed by atoms with van der Waals surface area (Å²) in [4.78, 5) is 14.5. The van der Waals surface area contributed by atoms with Gasteiger partial charge in [-0.2, -0.15) is 0 Å². The van der Waals surface area contributed by atoms with Crippen LogP contribution in [0.1, 0.15) is 34.5 Å². The third kappa shape index (κ3) is 2.31. The lowest BCUT2D eigenvalue weighted by Gasteiger charge is -2.21. The third-order valence-corrected chi connectivity index (χ3v) is 4.27. The first-order valence-electron chi connectivity index (χ1n) is 7.04. The van der Waals surface area contributed by atoms with Crippen LogP contribution < -0.4 is 0 Å². The number of hydrogen-bond acceptors (Lipinski definition) is 2. The van der Waals surface area contributed by atoms with Crippen molar-refractivity contribution in [3.8, 4) is 0 Å². The van der Waals surface area contributed by atoms with Crippen LogP contribution in [0.15, 0.2) is 18.2 Å². The fourth-order valence-electron chi connectivity index (χ4n) is 3.17. The Bertz CT molecular complexity index is 644. The molecule has 0 saturated carbocycles. The Hall–Kier alpha value is -1.81. The number of rotatable bonds is 4. The smallest absolute Gasteiger partial charge is 0.335 e. The van der Waals surface area contributed by atoms with Gasteiger partial charge in [0.05, 0.1) is 5.56 Å². The summed E-state index contributed by atoms with van der Waals surface area (Å²) in [7, 11) is 1.74. The van der Waals surface area contributed by atoms with Gasteiger partial charge in [-0.05, 0) is 55.4 Å². The third-order valence-electron chi connectivity index (χ3n) is 4.27. The topological polar surface area (TPSA) is 62.3 Å². The molecule has 0 radical (unpaired) electrons. The predicted molar refractivity (Wildman–Crippen MR) is 77.3 cm³/mol. The first-order chi connectivity index (χ1) is 9.69. The molecule has 0 amide bonds. The largest absolute Gasteiger partial charge is 0.478 e. The number of aromatic nitrogens is 1. The van der Waals surface area contributed by atoms with E-state index < -0.39 is 5.97 Å². The lowest BCUT2D eigenvalue weighted by molar-refractivity contribution is 0.0697. The van der Waals surface area contributed by atoms with Gasteiger partial charge in [0.2, 0.25) is 0 Å². The molecule has 0 aliphatic heterocycles. The second kappa shape index (κ2) is 5.29. The maximum Gasteiger partial charge on any atom is 0.335 e. The van der Waals surface area contributed by atoms with Crippen LogP contribution >= 0.6 is 0 Å². The Morgan fingerprint density at radius 2 is 2.35 bits per heavy atom. The van der Waals surface area contributed by atoms with Crippen LogP contribution in [0, 0.1) is 5.92 Å². The molecule has 3 rings (SSSR count). The summed E-state index contributed by atoms with van der Waals surface area (Å²) in [6, 6.07) is 5.33. The van der Waals surface area contributed by atoms with Crippen LogP contribution in [0.25, 0.3) is 10.9 Å². The molecule has 4 nitrogen and oxygen atoms in total. The first-order valence-corrected chi connectivity index (χ1v) is 7.04. The van der Waals surface area contributed by atoms with Crippen molar-refractivity contribution in [3.05, 3.63) is 35.0 Å². The SMILES string of the molecule is COCCC1CCc2c([nH]c3ccc(C(=O)O)cc23)C1. The zero-order valence-corrected chi connectivity index (χ0v) is 11.6. The van der Waals surface area contributed by atoms with Crippen molar-refractivity contribution in [2.75, 3.05) is 13.7 Å². The number of hydrogen-bond donors (Lipinski definition) is 2. The van der Waals surface area contributed by atoms with E-state index in [2.05, 4.69) is 4.98 Å². The van der Waals surface area contributed by atoms with Crippen LogP contribution in [-0.4, -0.2) is 29.8 Å². The minimum absolute atomic E-state index is 0.362. The van der Waals surface area contributed by atoms with Gasteiger partial charge >= 0.3 is 5.97 Å². The lowest BCUT2D eigenvalue weighted by atomic mass is 9.85. The number of carboxylic acids is 1. The van der Waals surface area contributed by atoms with E-state index in [0.717, 1.165) is 43.2 Å². The molecule has 0 bridgehead atoms. The number of aromatic amines is 1. The number of carboxylic acid groups (broad SMARTS) is 1. The zero-order chi connectivity index (χ0) is 14.1. The number of carbonyl (C=O) groups is 1. The number of aromatic carboxylic acids is 1. The van der Waals surface area contributed by atoms with E-state index in [-0.39, 0.29) is 0 Å². The van der Waals surface area contributed by atoms with Gasteiger partial charge < -0.3 is 14.8 Å². The fraction of sp³-hybridized carbons (Fsp3) is 0.438. The standard InChI is InChI=1S/C16H19NO3/c1-20-7-6-10-2-4-12-13-9-11(16(18)19)3-5-14(13)17-15(12)8-10/h3,5,9-10,17H,2,4,6-8H2,1H3,(H,18,19). The second-order valence-electron chi connectivity index (χ2n) is 5.54. The Labute approximate surface area is 117 Å². The molecule has 0 spiro atoms. The van der Waals surface area contributed by atoms with Gasteiger partial charge in [-0.25, -0.2) is 4.79 Å². The molecule has 1 aliphatic rings. The number of methoxy groups -OCH3 is 1. The molecule has 1 unspecified atom stereocenters. The number of nitrogens with one attached hydrogen (secondary N) is 1. The number of H-pyrrole nitrogens is 1. The van der Waals surface area contributed by atoms with Crippen molar-refractivity contribution in [3.63, 3.8) is 0 Å². The minimum atomic E-state index is -0.865. The van der Waals surface area contributed by atoms with E-state index >= 15 is 0 Å². The molecule has 20 heavy (non-hydrogen) atoms. The molecule has 1 aliphatic carbocycles. The molecule has 1 aromatic heterocycles. The summed E-state index contributed by atoms with van der Waals surface area (Å²) in [5.74, 6) is -0.204. The summed E-state index contributed by atoms with van der Waals surface area (Å²) >= 11 is 0. The molecule has 2 aromatic rings. The van der Waals surface area contributed by atoms with Crippen molar-refractivity contribution in [1.82, 2.24) is 4.98 Å². The fourth-order valence-corrected chi connectivity index (χ4v) is 3.17. The number of fused-ring (bicyclic) bond motifs is 3. The highest BCUT2D eigenvalue weighted by molar-refractivity contribution is 5.95. The molecule has 0 saturated heterocycles. The molecular weight excluding hydrogens is 254 g/mol. The van der Waals surface area contributed by atoms with Gasteiger partial charge in [0.15, 0.2) is 0 Å². The van der Waals surface area contributed by atoms with Crippen molar-refractivity contribution in [2.24, 2.45) is 5.92 Å². The summed E-state index contributed by atoms with van der Waals surface area (Å²) in [6.07, 6.45) is 4.30. The van der Waals surface area contributed by atoms with Crippen molar-refractivity contribution >= 4 is 16.9 Å². The zero-order valence-electron chi connectivity index (χ0n) is 11.6.